The summed E-state index contributed by atoms with van der Waals surface area (Å²) < 4.78 is 5.16. The maximum Gasteiger partial charge on any atom is 0.264 e. The molecule has 2 atom stereocenters. The van der Waals surface area contributed by atoms with Crippen LogP contribution in [0, 0.1) is 0 Å². The number of thiophene rings is 1. The highest BCUT2D eigenvalue weighted by atomic mass is 32.1. The quantitative estimate of drug-likeness (QED) is 0.922. The van der Waals surface area contributed by atoms with Gasteiger partial charge in [-0.2, -0.15) is 0 Å². The van der Waals surface area contributed by atoms with Crippen molar-refractivity contribution in [3.05, 3.63) is 16.3 Å². The second-order valence-corrected chi connectivity index (χ2v) is 6.17. The molecule has 2 aliphatic heterocycles. The molecule has 104 valence electrons. The van der Waals surface area contributed by atoms with Gasteiger partial charge in [-0.3, -0.25) is 4.79 Å². The molecule has 2 saturated heterocycles. The molecule has 0 aliphatic carbocycles. The molecular formula is C14H20N2O2S. The molecule has 3 rings (SSSR count). The molecule has 1 N–H and O–H groups in total. The van der Waals surface area contributed by atoms with Gasteiger partial charge in [0.15, 0.2) is 0 Å². The summed E-state index contributed by atoms with van der Waals surface area (Å²) in [7, 11) is 1.64. The van der Waals surface area contributed by atoms with E-state index >= 15 is 0 Å². The Bertz CT molecular complexity index is 454. The van der Waals surface area contributed by atoms with Crippen LogP contribution in [0.15, 0.2) is 11.4 Å². The van der Waals surface area contributed by atoms with Crippen LogP contribution < -0.4 is 10.1 Å². The monoisotopic (exact) mass is 280 g/mol. The fourth-order valence-corrected chi connectivity index (χ4v) is 3.99. The number of ether oxygens (including phenoxy) is 1. The number of amides is 1. The number of carbonyl (C=O) groups is 1. The summed E-state index contributed by atoms with van der Waals surface area (Å²) in [5, 5.41) is 5.43. The van der Waals surface area contributed by atoms with Gasteiger partial charge in [0.25, 0.3) is 5.91 Å². The molecule has 5 heteroatoms. The van der Waals surface area contributed by atoms with E-state index < -0.39 is 0 Å². The highest BCUT2D eigenvalue weighted by molar-refractivity contribution is 7.12. The third-order valence-corrected chi connectivity index (χ3v) is 5.04. The number of hydrogen-bond acceptors (Lipinski definition) is 4. The van der Waals surface area contributed by atoms with E-state index in [0.29, 0.717) is 12.1 Å². The van der Waals surface area contributed by atoms with Crippen molar-refractivity contribution in [1.29, 1.82) is 0 Å². The number of methoxy groups -OCH3 is 1. The third kappa shape index (κ3) is 2.49. The second kappa shape index (κ2) is 5.51. The van der Waals surface area contributed by atoms with Crippen molar-refractivity contribution in [3.63, 3.8) is 0 Å². The number of nitrogens with one attached hydrogen (secondary N) is 1. The van der Waals surface area contributed by atoms with E-state index in [9.17, 15) is 4.79 Å². The van der Waals surface area contributed by atoms with E-state index in [1.54, 1.807) is 7.11 Å². The molecular weight excluding hydrogens is 260 g/mol. The van der Waals surface area contributed by atoms with Gasteiger partial charge in [-0.1, -0.05) is 0 Å². The number of rotatable bonds is 3. The average Bonchev–Trinajstić information content (AvgIpc) is 3.16. The Morgan fingerprint density at radius 2 is 2.37 bits per heavy atom. The fraction of sp³-hybridized carbons (Fsp3) is 0.643. The topological polar surface area (TPSA) is 41.6 Å². The van der Waals surface area contributed by atoms with Crippen LogP contribution in [-0.4, -0.2) is 43.1 Å². The zero-order valence-corrected chi connectivity index (χ0v) is 12.0. The first-order valence-electron chi connectivity index (χ1n) is 6.96. The van der Waals surface area contributed by atoms with Gasteiger partial charge in [0.2, 0.25) is 0 Å². The van der Waals surface area contributed by atoms with Gasteiger partial charge >= 0.3 is 0 Å². The molecule has 19 heavy (non-hydrogen) atoms. The molecule has 1 aromatic rings. The summed E-state index contributed by atoms with van der Waals surface area (Å²) in [5.74, 6) is 0.951. The lowest BCUT2D eigenvalue weighted by Crippen LogP contribution is -2.46. The van der Waals surface area contributed by atoms with Gasteiger partial charge in [0.1, 0.15) is 5.75 Å². The van der Waals surface area contributed by atoms with E-state index in [-0.39, 0.29) is 5.91 Å². The summed E-state index contributed by atoms with van der Waals surface area (Å²) in [5.41, 5.74) is 0. The first-order valence-corrected chi connectivity index (χ1v) is 7.84. The Morgan fingerprint density at radius 1 is 1.47 bits per heavy atom. The van der Waals surface area contributed by atoms with Crippen LogP contribution in [0.2, 0.25) is 0 Å². The summed E-state index contributed by atoms with van der Waals surface area (Å²) in [6.45, 7) is 1.98. The Balaban J connectivity index is 1.74. The highest BCUT2D eigenvalue weighted by Gasteiger charge is 2.36. The summed E-state index contributed by atoms with van der Waals surface area (Å²) in [4.78, 5) is 15.5. The molecule has 0 saturated carbocycles. The smallest absolute Gasteiger partial charge is 0.264 e. The van der Waals surface area contributed by atoms with Gasteiger partial charge in [-0.25, -0.2) is 0 Å². The Kier molecular flexibility index (Phi) is 3.75. The summed E-state index contributed by atoms with van der Waals surface area (Å²) in [6, 6.07) is 2.72. The molecule has 1 aromatic heterocycles. The molecule has 0 radical (unpaired) electrons. The van der Waals surface area contributed by atoms with Gasteiger partial charge in [-0.05, 0) is 32.2 Å². The van der Waals surface area contributed by atoms with Gasteiger partial charge in [-0.15, -0.1) is 11.3 Å². The number of hydrogen-bond donors (Lipinski definition) is 1. The molecule has 3 heterocycles. The third-order valence-electron chi connectivity index (χ3n) is 4.14. The molecule has 2 fully saturated rings. The van der Waals surface area contributed by atoms with Crippen LogP contribution in [0.25, 0.3) is 0 Å². The van der Waals surface area contributed by atoms with E-state index in [1.807, 2.05) is 11.4 Å². The molecule has 1 amide bonds. The summed E-state index contributed by atoms with van der Waals surface area (Å²) >= 11 is 1.48. The first kappa shape index (κ1) is 12.9. The lowest BCUT2D eigenvalue weighted by atomic mass is 10.0. The van der Waals surface area contributed by atoms with Gasteiger partial charge in [0.05, 0.1) is 12.0 Å². The van der Waals surface area contributed by atoms with E-state index in [2.05, 4.69) is 10.2 Å². The van der Waals surface area contributed by atoms with Crippen LogP contribution >= 0.6 is 11.3 Å². The number of likely N-dealkylation sites (tertiary alicyclic amines) is 1. The maximum atomic E-state index is 12.6. The van der Waals surface area contributed by atoms with Gasteiger partial charge in [0, 0.05) is 30.1 Å². The first-order chi connectivity index (χ1) is 9.29. The standard InChI is InChI=1S/C14H20N2O2S/c1-18-10-8-13(19-9-10)14(17)16-7-3-5-12(16)11-4-2-6-15-11/h8-9,11-12,15H,2-7H2,1H3. The minimum Gasteiger partial charge on any atom is -0.496 e. The second-order valence-electron chi connectivity index (χ2n) is 5.26. The van der Waals surface area contributed by atoms with Crippen molar-refractivity contribution in [2.45, 2.75) is 37.8 Å². The van der Waals surface area contributed by atoms with Crippen molar-refractivity contribution >= 4 is 17.2 Å². The van der Waals surface area contributed by atoms with Gasteiger partial charge < -0.3 is 15.0 Å². The number of nitrogens with zero attached hydrogens (tertiary/aromatic N) is 1. The highest BCUT2D eigenvalue weighted by Crippen LogP contribution is 2.29. The fourth-order valence-electron chi connectivity index (χ4n) is 3.18. The zero-order valence-electron chi connectivity index (χ0n) is 11.2. The maximum absolute atomic E-state index is 12.6. The lowest BCUT2D eigenvalue weighted by Gasteiger charge is -2.29. The van der Waals surface area contributed by atoms with E-state index in [4.69, 9.17) is 4.74 Å². The van der Waals surface area contributed by atoms with Crippen molar-refractivity contribution in [3.8, 4) is 5.75 Å². The van der Waals surface area contributed by atoms with Crippen molar-refractivity contribution in [1.82, 2.24) is 10.2 Å². The summed E-state index contributed by atoms with van der Waals surface area (Å²) in [6.07, 6.45) is 4.68. The SMILES string of the molecule is COc1csc(C(=O)N2CCCC2C2CCCN2)c1. The van der Waals surface area contributed by atoms with Crippen LogP contribution in [0.5, 0.6) is 5.75 Å². The average molecular weight is 280 g/mol. The largest absolute Gasteiger partial charge is 0.496 e. The Hall–Kier alpha value is -1.07. The zero-order chi connectivity index (χ0) is 13.2. The Morgan fingerprint density at radius 3 is 3.05 bits per heavy atom. The predicted octanol–water partition coefficient (Wildman–Crippen LogP) is 2.11. The number of carbonyl (C=O) groups excluding carboxylic acids is 1. The Labute approximate surface area is 117 Å². The predicted molar refractivity (Wildman–Crippen MR) is 76.0 cm³/mol. The van der Waals surface area contributed by atoms with E-state index in [0.717, 1.165) is 36.6 Å². The normalized spacial score (nSPS) is 26.9. The molecule has 0 aromatic carbocycles. The van der Waals surface area contributed by atoms with Crippen LogP contribution in [0.3, 0.4) is 0 Å². The van der Waals surface area contributed by atoms with Crippen LogP contribution in [0.4, 0.5) is 0 Å². The van der Waals surface area contributed by atoms with Crippen LogP contribution in [-0.2, 0) is 0 Å². The molecule has 4 nitrogen and oxygen atoms in total. The minimum atomic E-state index is 0.171. The molecule has 0 spiro atoms. The van der Waals surface area contributed by atoms with Crippen molar-refractivity contribution in [2.24, 2.45) is 0 Å². The van der Waals surface area contributed by atoms with Crippen molar-refractivity contribution < 1.29 is 9.53 Å². The molecule has 0 bridgehead atoms. The molecule has 2 unspecified atom stereocenters. The van der Waals surface area contributed by atoms with Crippen LogP contribution in [0.1, 0.15) is 35.4 Å². The minimum absolute atomic E-state index is 0.171. The van der Waals surface area contributed by atoms with E-state index in [1.165, 1.54) is 24.2 Å². The lowest BCUT2D eigenvalue weighted by molar-refractivity contribution is 0.0716. The van der Waals surface area contributed by atoms with Crippen molar-refractivity contribution in [2.75, 3.05) is 20.2 Å². The molecule has 2 aliphatic rings.